The van der Waals surface area contributed by atoms with Gasteiger partial charge in [0, 0.05) is 52.1 Å². The van der Waals surface area contributed by atoms with E-state index in [0.29, 0.717) is 32.0 Å². The molecule has 1 aromatic rings. The number of carbonyl (C=O) groups is 2. The summed E-state index contributed by atoms with van der Waals surface area (Å²) in [6.07, 6.45) is 6.88. The van der Waals surface area contributed by atoms with E-state index in [1.165, 1.54) is 18.6 Å². The third kappa shape index (κ3) is 5.26. The highest BCUT2D eigenvalue weighted by molar-refractivity contribution is 5.92. The van der Waals surface area contributed by atoms with Crippen molar-refractivity contribution in [1.29, 1.82) is 0 Å². The second kappa shape index (κ2) is 9.32. The van der Waals surface area contributed by atoms with Crippen molar-refractivity contribution in [3.8, 4) is 0 Å². The van der Waals surface area contributed by atoms with Crippen molar-refractivity contribution in [2.75, 3.05) is 39.9 Å². The van der Waals surface area contributed by atoms with Crippen molar-refractivity contribution in [2.45, 2.75) is 26.2 Å². The largest absolute Gasteiger partial charge is 0.383 e. The minimum Gasteiger partial charge on any atom is -0.383 e. The number of piperidine rings is 1. The third-order valence-electron chi connectivity index (χ3n) is 4.37. The minimum atomic E-state index is -0.222. The van der Waals surface area contributed by atoms with Gasteiger partial charge >= 0.3 is 0 Å². The molecule has 0 aliphatic carbocycles. The van der Waals surface area contributed by atoms with Crippen LogP contribution < -0.4 is 0 Å². The van der Waals surface area contributed by atoms with Crippen LogP contribution in [0, 0.1) is 5.92 Å². The molecule has 1 aliphatic rings. The Morgan fingerprint density at radius 3 is 2.67 bits per heavy atom. The first-order valence-electron chi connectivity index (χ1n) is 8.43. The number of hydrogen-bond acceptors (Lipinski definition) is 5. The highest BCUT2D eigenvalue weighted by Crippen LogP contribution is 2.16. The van der Waals surface area contributed by atoms with Crippen molar-refractivity contribution in [3.63, 3.8) is 0 Å². The van der Waals surface area contributed by atoms with Gasteiger partial charge in [-0.2, -0.15) is 0 Å². The van der Waals surface area contributed by atoms with E-state index in [2.05, 4.69) is 16.9 Å². The van der Waals surface area contributed by atoms with E-state index in [1.807, 2.05) is 4.90 Å². The molecule has 1 aliphatic heterocycles. The Morgan fingerprint density at radius 1 is 1.29 bits per heavy atom. The molecule has 0 radical (unpaired) electrons. The SMILES string of the molecule is COCCN(CCC(=O)N1CCC(C)CC1)C(=O)c1cnccn1. The highest BCUT2D eigenvalue weighted by Gasteiger charge is 2.22. The molecule has 24 heavy (non-hydrogen) atoms. The number of methoxy groups -OCH3 is 1. The fourth-order valence-corrected chi connectivity index (χ4v) is 2.73. The zero-order chi connectivity index (χ0) is 17.4. The number of nitrogens with zero attached hydrogens (tertiary/aromatic N) is 4. The standard InChI is InChI=1S/C17H26N4O3/c1-14-3-8-20(9-4-14)16(22)5-10-21(11-12-24-2)17(23)15-13-18-6-7-19-15/h6-7,13-14H,3-5,8-12H2,1-2H3. The summed E-state index contributed by atoms with van der Waals surface area (Å²) in [5.41, 5.74) is 0.285. The van der Waals surface area contributed by atoms with Gasteiger partial charge in [0.2, 0.25) is 5.91 Å². The normalized spacial score (nSPS) is 15.3. The molecule has 2 amide bonds. The second-order valence-corrected chi connectivity index (χ2v) is 6.19. The summed E-state index contributed by atoms with van der Waals surface area (Å²) in [6.45, 7) is 5.06. The maximum atomic E-state index is 12.5. The molecule has 1 aromatic heterocycles. The summed E-state index contributed by atoms with van der Waals surface area (Å²) in [5.74, 6) is 0.571. The molecule has 0 N–H and O–H groups in total. The van der Waals surface area contributed by atoms with Crippen molar-refractivity contribution in [1.82, 2.24) is 19.8 Å². The van der Waals surface area contributed by atoms with Gasteiger partial charge in [-0.25, -0.2) is 4.98 Å². The van der Waals surface area contributed by atoms with Crippen LogP contribution in [0.15, 0.2) is 18.6 Å². The summed E-state index contributed by atoms with van der Waals surface area (Å²) >= 11 is 0. The van der Waals surface area contributed by atoms with E-state index in [1.54, 1.807) is 12.0 Å². The first-order chi connectivity index (χ1) is 11.6. The molecule has 0 bridgehead atoms. The van der Waals surface area contributed by atoms with Crippen molar-refractivity contribution >= 4 is 11.8 Å². The Balaban J connectivity index is 1.91. The molecule has 0 saturated carbocycles. The average Bonchev–Trinajstić information content (AvgIpc) is 2.62. The van der Waals surface area contributed by atoms with Crippen LogP contribution in [-0.4, -0.2) is 71.5 Å². The molecular formula is C17H26N4O3. The van der Waals surface area contributed by atoms with E-state index in [4.69, 9.17) is 4.74 Å². The maximum Gasteiger partial charge on any atom is 0.274 e. The molecule has 0 atom stereocenters. The van der Waals surface area contributed by atoms with Gasteiger partial charge in [-0.05, 0) is 18.8 Å². The van der Waals surface area contributed by atoms with Crippen LogP contribution in [0.4, 0.5) is 0 Å². The van der Waals surface area contributed by atoms with Gasteiger partial charge in [0.05, 0.1) is 12.8 Å². The molecule has 1 fully saturated rings. The van der Waals surface area contributed by atoms with Crippen LogP contribution in [0.3, 0.4) is 0 Å². The number of aromatic nitrogens is 2. The van der Waals surface area contributed by atoms with E-state index in [9.17, 15) is 9.59 Å². The Morgan fingerprint density at radius 2 is 2.04 bits per heavy atom. The molecule has 7 heteroatoms. The Kier molecular flexibility index (Phi) is 7.11. The van der Waals surface area contributed by atoms with Crippen LogP contribution in [0.1, 0.15) is 36.7 Å². The van der Waals surface area contributed by atoms with Crippen LogP contribution in [0.5, 0.6) is 0 Å². The lowest BCUT2D eigenvalue weighted by molar-refractivity contribution is -0.132. The quantitative estimate of drug-likeness (QED) is 0.749. The van der Waals surface area contributed by atoms with Crippen molar-refractivity contribution in [3.05, 3.63) is 24.3 Å². The number of likely N-dealkylation sites (tertiary alicyclic amines) is 1. The fraction of sp³-hybridized carbons (Fsp3) is 0.647. The number of amides is 2. The summed E-state index contributed by atoms with van der Waals surface area (Å²) in [6, 6.07) is 0. The van der Waals surface area contributed by atoms with Gasteiger partial charge in [-0.15, -0.1) is 0 Å². The molecule has 0 unspecified atom stereocenters. The molecule has 1 saturated heterocycles. The lowest BCUT2D eigenvalue weighted by Gasteiger charge is -2.31. The smallest absolute Gasteiger partial charge is 0.274 e. The van der Waals surface area contributed by atoms with Gasteiger partial charge in [-0.3, -0.25) is 14.6 Å². The molecule has 0 aromatic carbocycles. The molecule has 2 heterocycles. The number of rotatable bonds is 7. The molecule has 0 spiro atoms. The fourth-order valence-electron chi connectivity index (χ4n) is 2.73. The minimum absolute atomic E-state index is 0.108. The molecule has 2 rings (SSSR count). The lowest BCUT2D eigenvalue weighted by Crippen LogP contribution is -2.41. The number of hydrogen-bond donors (Lipinski definition) is 0. The lowest BCUT2D eigenvalue weighted by atomic mass is 9.99. The van der Waals surface area contributed by atoms with Crippen LogP contribution >= 0.6 is 0 Å². The first kappa shape index (κ1) is 18.3. The molecular weight excluding hydrogens is 308 g/mol. The second-order valence-electron chi connectivity index (χ2n) is 6.19. The zero-order valence-corrected chi connectivity index (χ0v) is 14.5. The van der Waals surface area contributed by atoms with Crippen molar-refractivity contribution < 1.29 is 14.3 Å². The predicted octanol–water partition coefficient (Wildman–Crippen LogP) is 1.21. The molecule has 132 valence electrons. The highest BCUT2D eigenvalue weighted by atomic mass is 16.5. The maximum absolute atomic E-state index is 12.5. The van der Waals surface area contributed by atoms with Gasteiger partial charge in [-0.1, -0.05) is 6.92 Å². The van der Waals surface area contributed by atoms with Gasteiger partial charge in [0.15, 0.2) is 0 Å². The molecule has 7 nitrogen and oxygen atoms in total. The van der Waals surface area contributed by atoms with E-state index in [0.717, 1.165) is 25.9 Å². The first-order valence-corrected chi connectivity index (χ1v) is 8.43. The average molecular weight is 334 g/mol. The third-order valence-corrected chi connectivity index (χ3v) is 4.37. The van der Waals surface area contributed by atoms with E-state index >= 15 is 0 Å². The van der Waals surface area contributed by atoms with Crippen LogP contribution in [0.25, 0.3) is 0 Å². The Bertz CT molecular complexity index is 530. The predicted molar refractivity (Wildman–Crippen MR) is 89.4 cm³/mol. The zero-order valence-electron chi connectivity index (χ0n) is 14.5. The van der Waals surface area contributed by atoms with Crippen molar-refractivity contribution in [2.24, 2.45) is 5.92 Å². The van der Waals surface area contributed by atoms with Crippen LogP contribution in [0.2, 0.25) is 0 Å². The Labute approximate surface area is 143 Å². The monoisotopic (exact) mass is 334 g/mol. The summed E-state index contributed by atoms with van der Waals surface area (Å²) in [5, 5.41) is 0. The Hall–Kier alpha value is -2.02. The number of carbonyl (C=O) groups excluding carboxylic acids is 2. The summed E-state index contributed by atoms with van der Waals surface area (Å²) < 4.78 is 5.07. The summed E-state index contributed by atoms with van der Waals surface area (Å²) in [7, 11) is 1.59. The number of ether oxygens (including phenoxy) is 1. The van der Waals surface area contributed by atoms with Gasteiger partial charge < -0.3 is 14.5 Å². The topological polar surface area (TPSA) is 75.6 Å². The van der Waals surface area contributed by atoms with Gasteiger partial charge in [0.25, 0.3) is 5.91 Å². The van der Waals surface area contributed by atoms with E-state index in [-0.39, 0.29) is 17.5 Å². The van der Waals surface area contributed by atoms with Crippen LogP contribution in [-0.2, 0) is 9.53 Å². The van der Waals surface area contributed by atoms with Gasteiger partial charge in [0.1, 0.15) is 5.69 Å². The summed E-state index contributed by atoms with van der Waals surface area (Å²) in [4.78, 5) is 36.4. The van der Waals surface area contributed by atoms with E-state index < -0.39 is 0 Å².